The number of rotatable bonds is 3. The van der Waals surface area contributed by atoms with Crippen molar-refractivity contribution in [1.29, 1.82) is 0 Å². The number of hydrogen-bond acceptors (Lipinski definition) is 4. The van der Waals surface area contributed by atoms with Crippen LogP contribution < -0.4 is 5.32 Å². The van der Waals surface area contributed by atoms with Gasteiger partial charge in [-0.2, -0.15) is 0 Å². The van der Waals surface area contributed by atoms with Gasteiger partial charge in [-0.15, -0.1) is 0 Å². The van der Waals surface area contributed by atoms with E-state index in [4.69, 9.17) is 4.74 Å². The maximum Gasteiger partial charge on any atom is 0.407 e. The molecule has 0 bridgehead atoms. The summed E-state index contributed by atoms with van der Waals surface area (Å²) >= 11 is 0. The zero-order chi connectivity index (χ0) is 13.0. The average Bonchev–Trinajstić information content (AvgIpc) is 2.23. The maximum atomic E-state index is 11.6. The second kappa shape index (κ2) is 6.00. The Bertz CT molecular complexity index is 282. The van der Waals surface area contributed by atoms with Crippen molar-refractivity contribution in [3.05, 3.63) is 0 Å². The van der Waals surface area contributed by atoms with Crippen LogP contribution in [0, 0.1) is 5.92 Å². The fourth-order valence-corrected chi connectivity index (χ4v) is 2.47. The molecule has 98 valence electrons. The second-order valence-electron chi connectivity index (χ2n) is 4.71. The molecule has 0 saturated carbocycles. The predicted octanol–water partition coefficient (Wildman–Crippen LogP) is 1.50. The Morgan fingerprint density at radius 1 is 1.29 bits per heavy atom. The molecule has 0 radical (unpaired) electrons. The number of hydrogen-bond donors (Lipinski definition) is 1. The highest BCUT2D eigenvalue weighted by molar-refractivity contribution is 5.85. The molecule has 1 fully saturated rings. The molecule has 1 aliphatic rings. The number of amides is 1. The fraction of sp³-hybridized carbons (Fsp3) is 0.833. The third-order valence-electron chi connectivity index (χ3n) is 3.10. The van der Waals surface area contributed by atoms with Crippen LogP contribution >= 0.6 is 0 Å². The maximum absolute atomic E-state index is 11.6. The first-order valence-corrected chi connectivity index (χ1v) is 5.94. The van der Waals surface area contributed by atoms with E-state index < -0.39 is 12.1 Å². The van der Waals surface area contributed by atoms with Crippen molar-refractivity contribution < 1.29 is 19.1 Å². The van der Waals surface area contributed by atoms with E-state index >= 15 is 0 Å². The number of Topliss-reactive ketones (excluding diaryl/α,β-unsaturated/α-hetero) is 1. The first kappa shape index (κ1) is 14.0. The van der Waals surface area contributed by atoms with Gasteiger partial charge in [-0.25, -0.2) is 4.79 Å². The number of nitrogens with one attached hydrogen (secondary N) is 1. The molecule has 1 heterocycles. The van der Waals surface area contributed by atoms with Crippen molar-refractivity contribution >= 4 is 11.9 Å². The minimum atomic E-state index is -0.558. The van der Waals surface area contributed by atoms with Gasteiger partial charge >= 0.3 is 6.09 Å². The number of carbonyl (C=O) groups is 2. The molecular formula is C12H21NO4. The minimum absolute atomic E-state index is 0.0401. The molecule has 1 saturated heterocycles. The molecule has 0 spiro atoms. The third-order valence-corrected chi connectivity index (χ3v) is 3.10. The second-order valence-corrected chi connectivity index (χ2v) is 4.71. The van der Waals surface area contributed by atoms with Crippen molar-refractivity contribution in [3.8, 4) is 0 Å². The minimum Gasteiger partial charge on any atom is -0.453 e. The highest BCUT2D eigenvalue weighted by Gasteiger charge is 2.34. The highest BCUT2D eigenvalue weighted by Crippen LogP contribution is 2.27. The van der Waals surface area contributed by atoms with Gasteiger partial charge in [-0.1, -0.05) is 0 Å². The van der Waals surface area contributed by atoms with E-state index in [0.29, 0.717) is 0 Å². The first-order chi connectivity index (χ1) is 7.93. The summed E-state index contributed by atoms with van der Waals surface area (Å²) in [5.74, 6) is 0.0760. The molecule has 17 heavy (non-hydrogen) atoms. The van der Waals surface area contributed by atoms with E-state index in [9.17, 15) is 9.59 Å². The Morgan fingerprint density at radius 2 is 1.82 bits per heavy atom. The molecule has 0 aromatic carbocycles. The summed E-state index contributed by atoms with van der Waals surface area (Å²) in [5, 5.41) is 2.61. The fourth-order valence-electron chi connectivity index (χ4n) is 2.47. The first-order valence-electron chi connectivity index (χ1n) is 5.94. The Morgan fingerprint density at radius 3 is 2.24 bits per heavy atom. The van der Waals surface area contributed by atoms with Crippen LogP contribution in [-0.4, -0.2) is 37.2 Å². The topological polar surface area (TPSA) is 64.6 Å². The number of alkyl carbamates (subject to hydrolysis) is 1. The number of methoxy groups -OCH3 is 1. The lowest BCUT2D eigenvalue weighted by Gasteiger charge is -2.35. The van der Waals surface area contributed by atoms with Crippen LogP contribution in [0.5, 0.6) is 0 Å². The van der Waals surface area contributed by atoms with Crippen LogP contribution in [0.3, 0.4) is 0 Å². The lowest BCUT2D eigenvalue weighted by Crippen LogP contribution is -2.48. The van der Waals surface area contributed by atoms with Crippen LogP contribution in [0.2, 0.25) is 0 Å². The highest BCUT2D eigenvalue weighted by atomic mass is 16.5. The quantitative estimate of drug-likeness (QED) is 0.816. The van der Waals surface area contributed by atoms with Crippen molar-refractivity contribution in [3.63, 3.8) is 0 Å². The molecule has 1 unspecified atom stereocenters. The van der Waals surface area contributed by atoms with Crippen molar-refractivity contribution in [1.82, 2.24) is 5.32 Å². The van der Waals surface area contributed by atoms with Gasteiger partial charge in [0.05, 0.1) is 25.4 Å². The molecular weight excluding hydrogens is 222 g/mol. The summed E-state index contributed by atoms with van der Waals surface area (Å²) in [4.78, 5) is 22.8. The van der Waals surface area contributed by atoms with Gasteiger partial charge in [0, 0.05) is 0 Å². The largest absolute Gasteiger partial charge is 0.453 e. The summed E-state index contributed by atoms with van der Waals surface area (Å²) in [6, 6.07) is -0.476. The van der Waals surface area contributed by atoms with Gasteiger partial charge in [0.1, 0.15) is 0 Å². The summed E-state index contributed by atoms with van der Waals surface area (Å²) in [5.41, 5.74) is 0. The summed E-state index contributed by atoms with van der Waals surface area (Å²) in [7, 11) is 1.29. The molecule has 0 aromatic heterocycles. The van der Waals surface area contributed by atoms with Gasteiger partial charge in [-0.05, 0) is 39.5 Å². The zero-order valence-corrected chi connectivity index (χ0v) is 10.9. The summed E-state index contributed by atoms with van der Waals surface area (Å²) in [6.07, 6.45) is 1.23. The summed E-state index contributed by atoms with van der Waals surface area (Å²) < 4.78 is 10.2. The van der Waals surface area contributed by atoms with Crippen LogP contribution in [0.1, 0.15) is 33.6 Å². The van der Waals surface area contributed by atoms with Gasteiger partial charge in [0.2, 0.25) is 0 Å². The van der Waals surface area contributed by atoms with E-state index in [2.05, 4.69) is 10.1 Å². The smallest absolute Gasteiger partial charge is 0.407 e. The molecule has 5 nitrogen and oxygen atoms in total. The van der Waals surface area contributed by atoms with E-state index in [0.717, 1.165) is 12.8 Å². The molecule has 1 N–H and O–H groups in total. The monoisotopic (exact) mass is 243 g/mol. The Balaban J connectivity index is 2.69. The molecule has 0 aliphatic carbocycles. The Labute approximate surface area is 102 Å². The van der Waals surface area contributed by atoms with Crippen LogP contribution in [0.15, 0.2) is 0 Å². The average molecular weight is 243 g/mol. The van der Waals surface area contributed by atoms with Crippen LogP contribution in [0.25, 0.3) is 0 Å². The van der Waals surface area contributed by atoms with Crippen molar-refractivity contribution in [2.45, 2.75) is 51.9 Å². The zero-order valence-electron chi connectivity index (χ0n) is 10.9. The number of ketones is 1. The molecule has 1 amide bonds. The summed E-state index contributed by atoms with van der Waals surface area (Å²) in [6.45, 7) is 5.46. The third kappa shape index (κ3) is 4.00. The number of ether oxygens (including phenoxy) is 2. The number of carbonyl (C=O) groups excluding carboxylic acids is 2. The molecule has 4 atom stereocenters. The predicted molar refractivity (Wildman–Crippen MR) is 62.7 cm³/mol. The lowest BCUT2D eigenvalue weighted by atomic mass is 9.84. The van der Waals surface area contributed by atoms with Crippen molar-refractivity contribution in [2.24, 2.45) is 5.92 Å². The molecule has 0 aromatic rings. The lowest BCUT2D eigenvalue weighted by molar-refractivity contribution is -0.123. The van der Waals surface area contributed by atoms with Crippen LogP contribution in [-0.2, 0) is 14.3 Å². The Hall–Kier alpha value is -1.10. The van der Waals surface area contributed by atoms with E-state index in [1.165, 1.54) is 14.0 Å². The van der Waals surface area contributed by atoms with E-state index in [1.807, 2.05) is 13.8 Å². The molecule has 1 aliphatic heterocycles. The van der Waals surface area contributed by atoms with E-state index in [1.54, 1.807) is 0 Å². The van der Waals surface area contributed by atoms with Gasteiger partial charge in [0.25, 0.3) is 0 Å². The van der Waals surface area contributed by atoms with Gasteiger partial charge < -0.3 is 14.8 Å². The Kier molecular flexibility index (Phi) is 4.93. The van der Waals surface area contributed by atoms with E-state index in [-0.39, 0.29) is 23.9 Å². The van der Waals surface area contributed by atoms with Crippen LogP contribution in [0.4, 0.5) is 4.79 Å². The van der Waals surface area contributed by atoms with Gasteiger partial charge in [-0.3, -0.25) is 4.79 Å². The SMILES string of the molecule is COC(=O)NC(C(C)=O)[C@H]1C[C@@H](C)O[C@@H](C)C1. The normalized spacial score (nSPS) is 30.5. The molecule has 1 rings (SSSR count). The van der Waals surface area contributed by atoms with Crippen molar-refractivity contribution in [2.75, 3.05) is 7.11 Å². The molecule has 5 heteroatoms. The van der Waals surface area contributed by atoms with Gasteiger partial charge in [0.15, 0.2) is 5.78 Å². The standard InChI is InChI=1S/C12H21NO4/c1-7-5-10(6-8(2)17-7)11(9(3)14)13-12(15)16-4/h7-8,10-11H,5-6H2,1-4H3,(H,13,15)/t7-,8+,10+,11?.